The van der Waals surface area contributed by atoms with E-state index in [4.69, 9.17) is 0 Å². The van der Waals surface area contributed by atoms with E-state index in [1.54, 1.807) is 0 Å². The molecule has 1 heterocycles. The van der Waals surface area contributed by atoms with Gasteiger partial charge in [0.1, 0.15) is 0 Å². The lowest BCUT2D eigenvalue weighted by Gasteiger charge is -2.23. The van der Waals surface area contributed by atoms with Gasteiger partial charge in [0.25, 0.3) is 0 Å². The monoisotopic (exact) mass is 199 g/mol. The van der Waals surface area contributed by atoms with E-state index in [0.29, 0.717) is 5.54 Å². The first kappa shape index (κ1) is 9.85. The maximum atomic E-state index is 3.49. The summed E-state index contributed by atoms with van der Waals surface area (Å²) in [4.78, 5) is 0. The topological polar surface area (TPSA) is 12.0 Å². The van der Waals surface area contributed by atoms with Crippen molar-refractivity contribution < 1.29 is 0 Å². The molecule has 1 aliphatic heterocycles. The number of nitrogens with one attached hydrogen (secondary N) is 1. The van der Waals surface area contributed by atoms with Crippen molar-refractivity contribution in [3.63, 3.8) is 0 Å². The average Bonchev–Trinajstić information content (AvgIpc) is 2.97. The highest BCUT2D eigenvalue weighted by Crippen LogP contribution is 2.41. The van der Waals surface area contributed by atoms with E-state index < -0.39 is 0 Å². The van der Waals surface area contributed by atoms with Crippen molar-refractivity contribution in [3.8, 4) is 0 Å². The predicted molar refractivity (Wildman–Crippen MR) is 60.3 cm³/mol. The third kappa shape index (κ3) is 2.63. The molecule has 0 amide bonds. The summed E-state index contributed by atoms with van der Waals surface area (Å²) in [5, 5.41) is 3.49. The summed E-state index contributed by atoms with van der Waals surface area (Å²) in [5.41, 5.74) is 0.585. The lowest BCUT2D eigenvalue weighted by Crippen LogP contribution is -2.28. The van der Waals surface area contributed by atoms with Crippen LogP contribution in [0.15, 0.2) is 0 Å². The van der Waals surface area contributed by atoms with Gasteiger partial charge < -0.3 is 5.32 Å². The Morgan fingerprint density at radius 1 is 1.46 bits per heavy atom. The van der Waals surface area contributed by atoms with E-state index >= 15 is 0 Å². The molecule has 1 saturated heterocycles. The molecule has 2 aliphatic rings. The van der Waals surface area contributed by atoms with Gasteiger partial charge in [-0.2, -0.15) is 11.8 Å². The molecule has 0 aromatic heterocycles. The number of rotatable bonds is 4. The normalized spacial score (nSPS) is 31.6. The molecule has 1 N–H and O–H groups in total. The molecule has 1 saturated carbocycles. The number of hydrogen-bond acceptors (Lipinski definition) is 2. The molecule has 76 valence electrons. The first-order valence-electron chi connectivity index (χ1n) is 5.61. The molecule has 2 heteroatoms. The SMILES string of the molecule is CNC1(CCC2CCCSC2)CC1. The van der Waals surface area contributed by atoms with Crippen molar-refractivity contribution >= 4 is 11.8 Å². The molecule has 0 radical (unpaired) electrons. The van der Waals surface area contributed by atoms with Gasteiger partial charge in [0.05, 0.1) is 0 Å². The predicted octanol–water partition coefficient (Wildman–Crippen LogP) is 2.66. The minimum absolute atomic E-state index is 0.585. The minimum atomic E-state index is 0.585. The van der Waals surface area contributed by atoms with Gasteiger partial charge in [-0.15, -0.1) is 0 Å². The Bertz CT molecular complexity index is 159. The third-order valence-corrected chi connectivity index (χ3v) is 4.95. The maximum absolute atomic E-state index is 3.49. The summed E-state index contributed by atoms with van der Waals surface area (Å²) in [7, 11) is 2.13. The fourth-order valence-corrected chi connectivity index (χ4v) is 3.50. The van der Waals surface area contributed by atoms with E-state index in [0.717, 1.165) is 5.92 Å². The Morgan fingerprint density at radius 2 is 2.31 bits per heavy atom. The highest BCUT2D eigenvalue weighted by molar-refractivity contribution is 7.99. The van der Waals surface area contributed by atoms with Gasteiger partial charge in [-0.3, -0.25) is 0 Å². The summed E-state index contributed by atoms with van der Waals surface area (Å²) < 4.78 is 0. The van der Waals surface area contributed by atoms with Crippen molar-refractivity contribution in [2.75, 3.05) is 18.6 Å². The van der Waals surface area contributed by atoms with Gasteiger partial charge in [0, 0.05) is 5.54 Å². The second kappa shape index (κ2) is 4.22. The van der Waals surface area contributed by atoms with Crippen LogP contribution in [0.4, 0.5) is 0 Å². The van der Waals surface area contributed by atoms with Crippen LogP contribution in [0.25, 0.3) is 0 Å². The van der Waals surface area contributed by atoms with Crippen molar-refractivity contribution in [2.45, 2.75) is 44.1 Å². The van der Waals surface area contributed by atoms with Crippen LogP contribution < -0.4 is 5.32 Å². The summed E-state index contributed by atoms with van der Waals surface area (Å²) in [6.45, 7) is 0. The Morgan fingerprint density at radius 3 is 2.85 bits per heavy atom. The summed E-state index contributed by atoms with van der Waals surface area (Å²) >= 11 is 2.16. The highest BCUT2D eigenvalue weighted by Gasteiger charge is 2.40. The first-order valence-corrected chi connectivity index (χ1v) is 6.77. The Labute approximate surface area is 86.0 Å². The van der Waals surface area contributed by atoms with E-state index in [2.05, 4.69) is 24.1 Å². The van der Waals surface area contributed by atoms with Crippen molar-refractivity contribution in [1.29, 1.82) is 0 Å². The van der Waals surface area contributed by atoms with Crippen molar-refractivity contribution in [3.05, 3.63) is 0 Å². The molecular formula is C11H21NS. The van der Waals surface area contributed by atoms with Crippen molar-refractivity contribution in [1.82, 2.24) is 5.32 Å². The fraction of sp³-hybridized carbons (Fsp3) is 1.00. The van der Waals surface area contributed by atoms with Gasteiger partial charge in [0.2, 0.25) is 0 Å². The van der Waals surface area contributed by atoms with Crippen LogP contribution in [-0.4, -0.2) is 24.1 Å². The Hall–Kier alpha value is 0.310. The third-order valence-electron chi connectivity index (χ3n) is 3.67. The van der Waals surface area contributed by atoms with Crippen LogP contribution in [-0.2, 0) is 0 Å². The molecule has 0 bridgehead atoms. The quantitative estimate of drug-likeness (QED) is 0.747. The maximum Gasteiger partial charge on any atom is 0.0180 e. The van der Waals surface area contributed by atoms with Crippen LogP contribution in [0.2, 0.25) is 0 Å². The van der Waals surface area contributed by atoms with Crippen LogP contribution in [0.5, 0.6) is 0 Å². The standard InChI is InChI=1S/C11H21NS/c1-12-11(6-7-11)5-4-10-3-2-8-13-9-10/h10,12H,2-9H2,1H3. The zero-order chi connectivity index (χ0) is 9.15. The minimum Gasteiger partial charge on any atom is -0.314 e. The molecule has 1 aliphatic carbocycles. The molecule has 0 spiro atoms. The molecule has 0 aromatic carbocycles. The summed E-state index contributed by atoms with van der Waals surface area (Å²) in [6.07, 6.45) is 8.68. The molecule has 2 fully saturated rings. The van der Waals surface area contributed by atoms with E-state index in [1.807, 2.05) is 0 Å². The highest BCUT2D eigenvalue weighted by atomic mass is 32.2. The number of thioether (sulfide) groups is 1. The molecule has 1 atom stereocenters. The van der Waals surface area contributed by atoms with Gasteiger partial charge >= 0.3 is 0 Å². The first-order chi connectivity index (χ1) is 6.35. The lowest BCUT2D eigenvalue weighted by molar-refractivity contribution is 0.404. The van der Waals surface area contributed by atoms with Gasteiger partial charge in [-0.1, -0.05) is 0 Å². The van der Waals surface area contributed by atoms with E-state index in [1.165, 1.54) is 50.0 Å². The molecule has 1 nitrogen and oxygen atoms in total. The van der Waals surface area contributed by atoms with Crippen LogP contribution in [0.3, 0.4) is 0 Å². The smallest absolute Gasteiger partial charge is 0.0180 e. The Balaban J connectivity index is 1.66. The second-order valence-electron chi connectivity index (χ2n) is 4.65. The zero-order valence-electron chi connectivity index (χ0n) is 8.64. The largest absolute Gasteiger partial charge is 0.314 e. The van der Waals surface area contributed by atoms with Crippen LogP contribution >= 0.6 is 11.8 Å². The van der Waals surface area contributed by atoms with Gasteiger partial charge in [-0.25, -0.2) is 0 Å². The van der Waals surface area contributed by atoms with E-state index in [9.17, 15) is 0 Å². The fourth-order valence-electron chi connectivity index (χ4n) is 2.29. The molecule has 13 heavy (non-hydrogen) atoms. The molecule has 0 aromatic rings. The zero-order valence-corrected chi connectivity index (χ0v) is 9.46. The van der Waals surface area contributed by atoms with E-state index in [-0.39, 0.29) is 0 Å². The Kier molecular flexibility index (Phi) is 3.20. The summed E-state index contributed by atoms with van der Waals surface area (Å²) in [5.74, 6) is 3.87. The lowest BCUT2D eigenvalue weighted by atomic mass is 9.96. The van der Waals surface area contributed by atoms with Crippen molar-refractivity contribution in [2.24, 2.45) is 5.92 Å². The molecule has 2 rings (SSSR count). The second-order valence-corrected chi connectivity index (χ2v) is 5.80. The average molecular weight is 199 g/mol. The van der Waals surface area contributed by atoms with Gasteiger partial charge in [-0.05, 0) is 63.0 Å². The van der Waals surface area contributed by atoms with Crippen LogP contribution in [0, 0.1) is 5.92 Å². The van der Waals surface area contributed by atoms with Crippen LogP contribution in [0.1, 0.15) is 38.5 Å². The molecule has 1 unspecified atom stereocenters. The van der Waals surface area contributed by atoms with Gasteiger partial charge in [0.15, 0.2) is 0 Å². The summed E-state index contributed by atoms with van der Waals surface area (Å²) in [6, 6.07) is 0. The molecular weight excluding hydrogens is 178 g/mol. The number of hydrogen-bond donors (Lipinski definition) is 1.